The van der Waals surface area contributed by atoms with Crippen molar-refractivity contribution in [3.63, 3.8) is 0 Å². The zero-order valence-corrected chi connectivity index (χ0v) is 11.3. The quantitative estimate of drug-likeness (QED) is 0.869. The molecule has 2 unspecified atom stereocenters. The first-order chi connectivity index (χ1) is 9.31. The number of likely N-dealkylation sites (N-methyl/N-ethyl adjacent to an activating group) is 1. The zero-order chi connectivity index (χ0) is 13.2. The van der Waals surface area contributed by atoms with E-state index in [9.17, 15) is 4.79 Å². The lowest BCUT2D eigenvalue weighted by Gasteiger charge is -2.32. The fraction of sp³-hybridized carbons (Fsp3) is 0.533. The molecule has 102 valence electrons. The van der Waals surface area contributed by atoms with Crippen LogP contribution in [0.5, 0.6) is 0 Å². The third-order valence-electron chi connectivity index (χ3n) is 4.14. The van der Waals surface area contributed by atoms with Crippen molar-refractivity contribution in [3.05, 3.63) is 29.8 Å². The summed E-state index contributed by atoms with van der Waals surface area (Å²) in [5.41, 5.74) is 2.36. The molecule has 1 aromatic carbocycles. The number of ether oxygens (including phenoxy) is 1. The van der Waals surface area contributed by atoms with E-state index in [0.717, 1.165) is 25.1 Å². The minimum atomic E-state index is -0.0591. The SMILES string of the molecule is CNC1COCC1C(=O)N1CCCc2ccccc21. The van der Waals surface area contributed by atoms with Gasteiger partial charge in [0.1, 0.15) is 0 Å². The first-order valence-electron chi connectivity index (χ1n) is 6.95. The van der Waals surface area contributed by atoms with Crippen LogP contribution in [0.2, 0.25) is 0 Å². The summed E-state index contributed by atoms with van der Waals surface area (Å²) >= 11 is 0. The maximum Gasteiger partial charge on any atom is 0.234 e. The van der Waals surface area contributed by atoms with E-state index in [2.05, 4.69) is 17.4 Å². The molecule has 2 atom stereocenters. The molecule has 0 aromatic heterocycles. The van der Waals surface area contributed by atoms with Crippen molar-refractivity contribution in [1.29, 1.82) is 0 Å². The van der Waals surface area contributed by atoms with Crippen LogP contribution in [0.4, 0.5) is 5.69 Å². The molecule has 0 radical (unpaired) electrons. The second-order valence-electron chi connectivity index (χ2n) is 5.26. The Kier molecular flexibility index (Phi) is 3.53. The number of hydrogen-bond acceptors (Lipinski definition) is 3. The van der Waals surface area contributed by atoms with Gasteiger partial charge < -0.3 is 15.0 Å². The van der Waals surface area contributed by atoms with Gasteiger partial charge in [0.05, 0.1) is 19.1 Å². The number of aryl methyl sites for hydroxylation is 1. The van der Waals surface area contributed by atoms with E-state index >= 15 is 0 Å². The highest BCUT2D eigenvalue weighted by atomic mass is 16.5. The number of anilines is 1. The van der Waals surface area contributed by atoms with Crippen molar-refractivity contribution >= 4 is 11.6 Å². The normalized spacial score (nSPS) is 26.3. The van der Waals surface area contributed by atoms with E-state index in [1.54, 1.807) is 0 Å². The van der Waals surface area contributed by atoms with Crippen LogP contribution >= 0.6 is 0 Å². The van der Waals surface area contributed by atoms with Gasteiger partial charge in [0, 0.05) is 18.3 Å². The van der Waals surface area contributed by atoms with Crippen LogP contribution in [0.25, 0.3) is 0 Å². The van der Waals surface area contributed by atoms with Crippen LogP contribution in [0, 0.1) is 5.92 Å². The topological polar surface area (TPSA) is 41.6 Å². The van der Waals surface area contributed by atoms with Crippen LogP contribution in [0.3, 0.4) is 0 Å². The molecule has 3 rings (SSSR count). The van der Waals surface area contributed by atoms with E-state index in [-0.39, 0.29) is 17.9 Å². The van der Waals surface area contributed by atoms with Crippen molar-refractivity contribution in [3.8, 4) is 0 Å². The summed E-state index contributed by atoms with van der Waals surface area (Å²) in [7, 11) is 1.89. The number of fused-ring (bicyclic) bond motifs is 1. The molecule has 0 aliphatic carbocycles. The number of hydrogen-bond donors (Lipinski definition) is 1. The Hall–Kier alpha value is -1.39. The predicted molar refractivity (Wildman–Crippen MR) is 74.3 cm³/mol. The number of benzene rings is 1. The second-order valence-corrected chi connectivity index (χ2v) is 5.26. The Morgan fingerprint density at radius 1 is 1.37 bits per heavy atom. The highest BCUT2D eigenvalue weighted by molar-refractivity contribution is 5.96. The Balaban J connectivity index is 1.85. The van der Waals surface area contributed by atoms with Gasteiger partial charge in [-0.05, 0) is 31.5 Å². The molecule has 2 aliphatic heterocycles. The molecule has 0 bridgehead atoms. The van der Waals surface area contributed by atoms with Gasteiger partial charge in [-0.25, -0.2) is 0 Å². The summed E-state index contributed by atoms with van der Waals surface area (Å²) in [4.78, 5) is 14.7. The summed E-state index contributed by atoms with van der Waals surface area (Å²) in [6, 6.07) is 8.36. The molecule has 19 heavy (non-hydrogen) atoms. The average Bonchev–Trinajstić information content (AvgIpc) is 2.94. The highest BCUT2D eigenvalue weighted by Gasteiger charge is 2.37. The van der Waals surface area contributed by atoms with Crippen LogP contribution in [0.15, 0.2) is 24.3 Å². The lowest BCUT2D eigenvalue weighted by Crippen LogP contribution is -2.46. The van der Waals surface area contributed by atoms with Crippen molar-refractivity contribution in [2.24, 2.45) is 5.92 Å². The minimum Gasteiger partial charge on any atom is -0.379 e. The van der Waals surface area contributed by atoms with Crippen molar-refractivity contribution in [2.45, 2.75) is 18.9 Å². The van der Waals surface area contributed by atoms with Gasteiger partial charge in [-0.15, -0.1) is 0 Å². The van der Waals surface area contributed by atoms with Crippen molar-refractivity contribution in [1.82, 2.24) is 5.32 Å². The molecule has 1 aromatic rings. The van der Waals surface area contributed by atoms with Crippen LogP contribution in [0.1, 0.15) is 12.0 Å². The van der Waals surface area contributed by atoms with Gasteiger partial charge in [-0.1, -0.05) is 18.2 Å². The van der Waals surface area contributed by atoms with Gasteiger partial charge >= 0.3 is 0 Å². The van der Waals surface area contributed by atoms with Crippen molar-refractivity contribution < 1.29 is 9.53 Å². The van der Waals surface area contributed by atoms with E-state index in [1.807, 2.05) is 24.1 Å². The Labute approximate surface area is 113 Å². The van der Waals surface area contributed by atoms with Gasteiger partial charge in [-0.3, -0.25) is 4.79 Å². The van der Waals surface area contributed by atoms with Crippen LogP contribution < -0.4 is 10.2 Å². The Bertz CT molecular complexity index is 475. The zero-order valence-electron chi connectivity index (χ0n) is 11.3. The smallest absolute Gasteiger partial charge is 0.234 e. The number of amides is 1. The minimum absolute atomic E-state index is 0.0591. The molecular weight excluding hydrogens is 240 g/mol. The maximum absolute atomic E-state index is 12.7. The number of carbonyl (C=O) groups excluding carboxylic acids is 1. The van der Waals surface area contributed by atoms with Gasteiger partial charge in [0.2, 0.25) is 5.91 Å². The molecule has 4 nitrogen and oxygen atoms in total. The second kappa shape index (κ2) is 5.31. The molecule has 2 aliphatic rings. The molecule has 4 heteroatoms. The number of nitrogens with one attached hydrogen (secondary N) is 1. The molecule has 1 N–H and O–H groups in total. The fourth-order valence-corrected chi connectivity index (χ4v) is 3.04. The summed E-state index contributed by atoms with van der Waals surface area (Å²) in [6.45, 7) is 1.98. The van der Waals surface area contributed by atoms with Crippen LogP contribution in [-0.2, 0) is 16.0 Å². The number of nitrogens with zero attached hydrogens (tertiary/aromatic N) is 1. The first-order valence-corrected chi connectivity index (χ1v) is 6.95. The summed E-state index contributed by atoms with van der Waals surface area (Å²) in [5.74, 6) is 0.139. The number of para-hydroxylation sites is 1. The molecule has 0 saturated carbocycles. The number of carbonyl (C=O) groups is 1. The fourth-order valence-electron chi connectivity index (χ4n) is 3.04. The molecule has 1 saturated heterocycles. The molecule has 1 fully saturated rings. The average molecular weight is 260 g/mol. The summed E-state index contributed by atoms with van der Waals surface area (Å²) in [5, 5.41) is 3.19. The highest BCUT2D eigenvalue weighted by Crippen LogP contribution is 2.29. The summed E-state index contributed by atoms with van der Waals surface area (Å²) < 4.78 is 5.45. The monoisotopic (exact) mass is 260 g/mol. The van der Waals surface area contributed by atoms with E-state index < -0.39 is 0 Å². The van der Waals surface area contributed by atoms with Gasteiger partial charge in [0.25, 0.3) is 0 Å². The van der Waals surface area contributed by atoms with E-state index in [4.69, 9.17) is 4.74 Å². The van der Waals surface area contributed by atoms with Gasteiger partial charge in [0.15, 0.2) is 0 Å². The third kappa shape index (κ3) is 2.26. The van der Waals surface area contributed by atoms with E-state index in [1.165, 1.54) is 5.56 Å². The molecule has 2 heterocycles. The maximum atomic E-state index is 12.7. The van der Waals surface area contributed by atoms with Crippen molar-refractivity contribution in [2.75, 3.05) is 31.7 Å². The third-order valence-corrected chi connectivity index (χ3v) is 4.14. The molecule has 1 amide bonds. The molecular formula is C15H20N2O2. The first kappa shape index (κ1) is 12.6. The predicted octanol–water partition coefficient (Wildman–Crippen LogP) is 1.20. The Morgan fingerprint density at radius 2 is 2.21 bits per heavy atom. The lowest BCUT2D eigenvalue weighted by molar-refractivity contribution is -0.122. The molecule has 0 spiro atoms. The van der Waals surface area contributed by atoms with Gasteiger partial charge in [-0.2, -0.15) is 0 Å². The Morgan fingerprint density at radius 3 is 3.05 bits per heavy atom. The number of rotatable bonds is 2. The standard InChI is InChI=1S/C15H20N2O2/c1-16-13-10-19-9-12(13)15(18)17-8-4-6-11-5-2-3-7-14(11)17/h2-3,5,7,12-13,16H,4,6,8-10H2,1H3. The lowest BCUT2D eigenvalue weighted by atomic mass is 9.97. The van der Waals surface area contributed by atoms with E-state index in [0.29, 0.717) is 13.2 Å². The largest absolute Gasteiger partial charge is 0.379 e. The van der Waals surface area contributed by atoms with Crippen LogP contribution in [-0.4, -0.2) is 38.8 Å². The summed E-state index contributed by atoms with van der Waals surface area (Å²) in [6.07, 6.45) is 2.11.